The Morgan fingerprint density at radius 1 is 0.833 bits per heavy atom. The van der Waals surface area contributed by atoms with Crippen LogP contribution in [0.2, 0.25) is 19.6 Å². The molecule has 0 spiro atoms. The van der Waals surface area contributed by atoms with Crippen LogP contribution in [0.5, 0.6) is 0 Å². The van der Waals surface area contributed by atoms with Gasteiger partial charge >= 0.3 is 0 Å². The molecule has 0 aromatic heterocycles. The summed E-state index contributed by atoms with van der Waals surface area (Å²) >= 11 is 0. The van der Waals surface area contributed by atoms with E-state index in [0.29, 0.717) is 0 Å². The molecule has 0 heterocycles. The zero-order valence-corrected chi connectivity index (χ0v) is 19.5. The lowest BCUT2D eigenvalue weighted by Gasteiger charge is -2.40. The molecule has 0 aliphatic heterocycles. The van der Waals surface area contributed by atoms with E-state index in [2.05, 4.69) is 82.9 Å². The van der Waals surface area contributed by atoms with E-state index in [1.807, 2.05) is 0 Å². The van der Waals surface area contributed by atoms with Gasteiger partial charge in [-0.2, -0.15) is 0 Å². The number of hydrogen-bond acceptors (Lipinski definition) is 3. The maximum Gasteiger partial charge on any atom is 0.236 e. The molecule has 0 amide bonds. The van der Waals surface area contributed by atoms with Gasteiger partial charge in [-0.05, 0) is 60.2 Å². The zero-order chi connectivity index (χ0) is 18.8. The normalized spacial score (nSPS) is 11.4. The summed E-state index contributed by atoms with van der Waals surface area (Å²) in [6.45, 7) is 22.2. The highest BCUT2D eigenvalue weighted by atomic mass is 31.2. The summed E-state index contributed by atoms with van der Waals surface area (Å²) in [6.07, 6.45) is 9.43. The van der Waals surface area contributed by atoms with Crippen LogP contribution in [0.4, 0.5) is 0 Å². The van der Waals surface area contributed by atoms with Crippen molar-refractivity contribution in [1.29, 1.82) is 0 Å². The van der Waals surface area contributed by atoms with Crippen molar-refractivity contribution in [3.05, 3.63) is 23.5 Å². The van der Waals surface area contributed by atoms with Crippen molar-refractivity contribution < 1.29 is 4.21 Å². The second-order valence-electron chi connectivity index (χ2n) is 7.90. The van der Waals surface area contributed by atoms with Crippen LogP contribution in [-0.4, -0.2) is 30.7 Å². The van der Waals surface area contributed by atoms with Gasteiger partial charge in [0, 0.05) is 25.5 Å². The quantitative estimate of drug-likeness (QED) is 0.268. The van der Waals surface area contributed by atoms with Crippen LogP contribution in [0.25, 0.3) is 0 Å². The van der Waals surface area contributed by atoms with Crippen LogP contribution >= 0.6 is 8.45 Å². The molecule has 0 saturated carbocycles. The molecule has 3 nitrogen and oxygen atoms in total. The van der Waals surface area contributed by atoms with Gasteiger partial charge in [0.05, 0.1) is 0 Å². The first-order valence-corrected chi connectivity index (χ1v) is 14.0. The molecule has 24 heavy (non-hydrogen) atoms. The molecule has 0 aromatic carbocycles. The second-order valence-corrected chi connectivity index (χ2v) is 14.4. The van der Waals surface area contributed by atoms with Gasteiger partial charge in [0.25, 0.3) is 0 Å². The molecule has 0 aromatic rings. The van der Waals surface area contributed by atoms with E-state index in [1.54, 1.807) is 0 Å². The Kier molecular flexibility index (Phi) is 11.9. The lowest BCUT2D eigenvalue weighted by Crippen LogP contribution is -2.33. The summed E-state index contributed by atoms with van der Waals surface area (Å²) in [4.78, 5) is 0. The van der Waals surface area contributed by atoms with Gasteiger partial charge in [-0.15, -0.1) is 0 Å². The molecule has 0 aliphatic carbocycles. The van der Waals surface area contributed by atoms with E-state index < -0.39 is 16.8 Å². The summed E-state index contributed by atoms with van der Waals surface area (Å²) < 4.78 is 11.7. The maximum absolute atomic E-state index is 6.72. The van der Waals surface area contributed by atoms with Crippen molar-refractivity contribution in [2.75, 3.05) is 13.1 Å². The van der Waals surface area contributed by atoms with E-state index >= 15 is 0 Å². The maximum atomic E-state index is 6.72. The topological polar surface area (TPSA) is 15.7 Å². The van der Waals surface area contributed by atoms with E-state index in [-0.39, 0.29) is 0 Å². The fourth-order valence-electron chi connectivity index (χ4n) is 2.13. The monoisotopic (exact) mass is 372 g/mol. The number of nitrogens with zero attached hydrogens (tertiary/aromatic N) is 2. The smallest absolute Gasteiger partial charge is 0.236 e. The third-order valence-corrected chi connectivity index (χ3v) is 7.45. The predicted octanol–water partition coefficient (Wildman–Crippen LogP) is 7.12. The van der Waals surface area contributed by atoms with E-state index in [9.17, 15) is 0 Å². The Morgan fingerprint density at radius 2 is 1.21 bits per heavy atom. The number of rotatable bonds is 12. The Morgan fingerprint density at radius 3 is 1.46 bits per heavy atom. The largest absolute Gasteiger partial charge is 0.365 e. The molecule has 0 N–H and O–H groups in total. The molecule has 0 atom stereocenters. The second kappa shape index (κ2) is 12.1. The molecule has 0 fully saturated rings. The van der Waals surface area contributed by atoms with Crippen LogP contribution in [0.3, 0.4) is 0 Å². The minimum absolute atomic E-state index is 0.788. The average molecular weight is 373 g/mol. The van der Waals surface area contributed by atoms with Gasteiger partial charge in [0.1, 0.15) is 0 Å². The van der Waals surface area contributed by atoms with Gasteiger partial charge in [-0.3, -0.25) is 0 Å². The Bertz CT molecular complexity index is 367. The third kappa shape index (κ3) is 11.3. The highest BCUT2D eigenvalue weighted by Crippen LogP contribution is 2.49. The van der Waals surface area contributed by atoms with Gasteiger partial charge in [0.2, 0.25) is 8.45 Å². The van der Waals surface area contributed by atoms with Crippen molar-refractivity contribution in [3.63, 3.8) is 0 Å². The van der Waals surface area contributed by atoms with Crippen LogP contribution in [0.1, 0.15) is 67.2 Å². The lowest BCUT2D eigenvalue weighted by atomic mass is 10.3. The first kappa shape index (κ1) is 23.7. The fraction of sp³-hybridized carbons (Fsp3) is 0.789. The van der Waals surface area contributed by atoms with Crippen molar-refractivity contribution >= 4 is 16.8 Å². The van der Waals surface area contributed by atoms with E-state index in [1.165, 1.54) is 36.8 Å². The molecule has 0 rings (SSSR count). The predicted molar refractivity (Wildman–Crippen MR) is 113 cm³/mol. The highest BCUT2D eigenvalue weighted by Gasteiger charge is 2.29. The number of unbranched alkanes of at least 4 members (excludes halogenated alkanes) is 2. The lowest BCUT2D eigenvalue weighted by molar-refractivity contribution is 0.411. The fourth-order valence-corrected chi connectivity index (χ4v) is 6.51. The molecule has 0 saturated heterocycles. The zero-order valence-electron chi connectivity index (χ0n) is 17.6. The Balaban J connectivity index is 5.68. The molecular formula is C19H41N2OPSi. The Hall–Kier alpha value is -0.313. The molecule has 5 heteroatoms. The third-order valence-electron chi connectivity index (χ3n) is 3.09. The minimum Gasteiger partial charge on any atom is -0.365 e. The molecule has 0 aliphatic rings. The van der Waals surface area contributed by atoms with Crippen LogP contribution in [0.15, 0.2) is 23.5 Å². The van der Waals surface area contributed by atoms with Crippen molar-refractivity contribution in [1.82, 2.24) is 9.34 Å². The average Bonchev–Trinajstić information content (AvgIpc) is 2.44. The van der Waals surface area contributed by atoms with Gasteiger partial charge in [-0.1, -0.05) is 37.8 Å². The first-order valence-electron chi connectivity index (χ1n) is 9.43. The molecule has 0 radical (unpaired) electrons. The number of hydrogen-bond donors (Lipinski definition) is 0. The van der Waals surface area contributed by atoms with E-state index in [4.69, 9.17) is 4.21 Å². The summed E-state index contributed by atoms with van der Waals surface area (Å²) in [6, 6.07) is 0. The van der Waals surface area contributed by atoms with Crippen molar-refractivity contribution in [2.45, 2.75) is 86.9 Å². The number of allylic oxidation sites excluding steroid dienone is 2. The minimum atomic E-state index is -1.64. The van der Waals surface area contributed by atoms with Crippen LogP contribution in [-0.2, 0) is 4.21 Å². The van der Waals surface area contributed by atoms with Crippen LogP contribution in [0, 0.1) is 0 Å². The first-order chi connectivity index (χ1) is 11.1. The Labute approximate surface area is 154 Å². The van der Waals surface area contributed by atoms with Gasteiger partial charge < -0.3 is 13.6 Å². The summed E-state index contributed by atoms with van der Waals surface area (Å²) in [7, 11) is -2.43. The SMILES string of the molecule is CCCCN(C=C(C)C)P(O[Si](C)(C)C)N(C=C(C)C)CCCC. The van der Waals surface area contributed by atoms with Crippen molar-refractivity contribution in [2.24, 2.45) is 0 Å². The molecule has 0 bridgehead atoms. The summed E-state index contributed by atoms with van der Waals surface area (Å²) in [5.74, 6) is 0. The van der Waals surface area contributed by atoms with Crippen LogP contribution < -0.4 is 0 Å². The van der Waals surface area contributed by atoms with Gasteiger partial charge in [-0.25, -0.2) is 0 Å². The summed E-state index contributed by atoms with van der Waals surface area (Å²) in [5.41, 5.74) is 2.68. The molecule has 142 valence electrons. The highest BCUT2D eigenvalue weighted by molar-refractivity contribution is 7.49. The van der Waals surface area contributed by atoms with Crippen molar-refractivity contribution in [3.8, 4) is 0 Å². The summed E-state index contributed by atoms with van der Waals surface area (Å²) in [5, 5.41) is 0. The standard InChI is InChI=1S/C19H41N2OPSi/c1-10-12-14-20(16-18(3)4)23(22-24(7,8)9)21(15-13-11-2)17-19(5)6/h16-17H,10-15H2,1-9H3. The molecule has 0 unspecified atom stereocenters. The van der Waals surface area contributed by atoms with Gasteiger partial charge in [0.15, 0.2) is 8.32 Å². The van der Waals surface area contributed by atoms with E-state index in [0.717, 1.165) is 13.1 Å². The molecular weight excluding hydrogens is 331 g/mol.